The molecule has 0 heterocycles. The van der Waals surface area contributed by atoms with E-state index in [2.05, 4.69) is 19.2 Å². The molecule has 0 aliphatic carbocycles. The summed E-state index contributed by atoms with van der Waals surface area (Å²) < 4.78 is 0. The van der Waals surface area contributed by atoms with E-state index in [1.807, 2.05) is 0 Å². The van der Waals surface area contributed by atoms with E-state index in [1.165, 1.54) is 6.08 Å². The molecule has 0 aliphatic heterocycles. The van der Waals surface area contributed by atoms with E-state index in [1.54, 1.807) is 0 Å². The van der Waals surface area contributed by atoms with Crippen LogP contribution in [-0.4, -0.2) is 0 Å². The Labute approximate surface area is 26.5 Å². The zero-order chi connectivity index (χ0) is 3.41. The normalized spacial score (nSPS) is 4.00. The molecule has 0 atom stereocenters. The van der Waals surface area contributed by atoms with Crippen molar-refractivity contribution in [2.75, 3.05) is 0 Å². The van der Waals surface area contributed by atoms with Crippen LogP contribution in [0.15, 0.2) is 19.2 Å². The highest BCUT2D eigenvalue weighted by Crippen LogP contribution is 1.49. The Morgan fingerprint density at radius 1 is 1.75 bits per heavy atom. The number of allylic oxidation sites excluding steroid dienone is 2. The fourth-order valence-electron chi connectivity index (χ4n) is 0. The highest BCUT2D eigenvalue weighted by atomic mass is 13.4. The largest absolute Gasteiger partial charge is 0.151 e. The molecule has 0 amide bonds. The van der Waals surface area contributed by atoms with Crippen LogP contribution in [-0.2, 0) is 0 Å². The number of rotatable bonds is 1. The van der Waals surface area contributed by atoms with Gasteiger partial charge in [0.15, 0.2) is 6.08 Å². The fraction of sp³-hybridized carbons (Fsp3) is 0. The van der Waals surface area contributed by atoms with E-state index in [9.17, 15) is 0 Å². The van der Waals surface area contributed by atoms with Crippen molar-refractivity contribution < 1.29 is 0 Å². The van der Waals surface area contributed by atoms with Gasteiger partial charge < -0.3 is 0 Å². The molecule has 4 heavy (non-hydrogen) atoms. The minimum absolute atomic E-state index is 1.51. The molecular weight excluding hydrogens is 48.0 g/mol. The first-order valence-electron chi connectivity index (χ1n) is 1.05. The van der Waals surface area contributed by atoms with Crippen LogP contribution < -0.4 is 0 Å². The van der Waals surface area contributed by atoms with Crippen molar-refractivity contribution in [3.8, 4) is 0 Å². The summed E-state index contributed by atoms with van der Waals surface area (Å²) in [5.74, 6) is 0. The third-order valence-electron chi connectivity index (χ3n) is 0.144. The first-order valence-corrected chi connectivity index (χ1v) is 1.05. The summed E-state index contributed by atoms with van der Waals surface area (Å²) in [6, 6.07) is 0. The van der Waals surface area contributed by atoms with Gasteiger partial charge in [-0.3, -0.25) is 0 Å². The number of hydrogen-bond donors (Lipinski definition) is 0. The van der Waals surface area contributed by atoms with Crippen molar-refractivity contribution in [2.45, 2.75) is 0 Å². The molecule has 20 valence electrons. The second-order valence-corrected chi connectivity index (χ2v) is 0.408. The summed E-state index contributed by atoms with van der Waals surface area (Å²) in [5.41, 5.74) is 0. The summed E-state index contributed by atoms with van der Waals surface area (Å²) in [5, 5.41) is 0. The van der Waals surface area contributed by atoms with Crippen molar-refractivity contribution in [1.29, 1.82) is 0 Å². The summed E-state index contributed by atoms with van der Waals surface area (Å²) in [6.07, 6.45) is 3.96. The van der Waals surface area contributed by atoms with Gasteiger partial charge in [0.1, 0.15) is 0 Å². The minimum Gasteiger partial charge on any atom is 0.0364 e. The van der Waals surface area contributed by atoms with Crippen molar-refractivity contribution in [3.63, 3.8) is 0 Å². The maximum atomic E-state index is 3.31. The molecule has 0 aromatic carbocycles. The Morgan fingerprint density at radius 3 is 2.00 bits per heavy atom. The van der Waals surface area contributed by atoms with Gasteiger partial charge >= 0.3 is 0 Å². The summed E-state index contributed by atoms with van der Waals surface area (Å²) >= 11 is 0. The van der Waals surface area contributed by atoms with Crippen LogP contribution in [0.4, 0.5) is 0 Å². The van der Waals surface area contributed by atoms with Crippen molar-refractivity contribution in [3.05, 3.63) is 25.3 Å². The van der Waals surface area contributed by atoms with Crippen LogP contribution >= 0.6 is 0 Å². The molecule has 0 aliphatic rings. The molecule has 0 spiro atoms. The molecule has 0 saturated heterocycles. The van der Waals surface area contributed by atoms with E-state index in [4.69, 9.17) is 0 Å². The smallest absolute Gasteiger partial charge is 0.0364 e. The maximum absolute atomic E-state index is 3.31. The Hall–Kier alpha value is -0.610. The van der Waals surface area contributed by atoms with Gasteiger partial charge in [0.2, 0.25) is 0 Å². The first kappa shape index (κ1) is 3.39. The standard InChI is InChI=1S/C4H5/c1-3-4-2/h3H,1-2H2/q+1. The fourth-order valence-corrected chi connectivity index (χ4v) is 0. The summed E-state index contributed by atoms with van der Waals surface area (Å²) in [6.45, 7) is 6.54. The number of hydrogen-bond acceptors (Lipinski definition) is 0. The molecule has 0 heteroatoms. The molecule has 0 aromatic rings. The molecule has 0 nitrogen and oxygen atoms in total. The van der Waals surface area contributed by atoms with E-state index >= 15 is 0 Å². The second kappa shape index (κ2) is 2.39. The van der Waals surface area contributed by atoms with E-state index in [0.29, 0.717) is 0 Å². The van der Waals surface area contributed by atoms with Gasteiger partial charge in [-0.2, -0.15) is 0 Å². The lowest BCUT2D eigenvalue weighted by molar-refractivity contribution is 2.03. The summed E-state index contributed by atoms with van der Waals surface area (Å²) in [7, 11) is 0. The maximum Gasteiger partial charge on any atom is 0.151 e. The minimum atomic E-state index is 1.51. The lowest BCUT2D eigenvalue weighted by Gasteiger charge is -1.26. The Balaban J connectivity index is 2.73. The van der Waals surface area contributed by atoms with Gasteiger partial charge in [-0.05, 0) is 0 Å². The van der Waals surface area contributed by atoms with Gasteiger partial charge in [0.25, 0.3) is 0 Å². The summed E-state index contributed by atoms with van der Waals surface area (Å²) in [4.78, 5) is 0. The molecule has 0 rings (SSSR count). The highest BCUT2D eigenvalue weighted by molar-refractivity contribution is 4.78. The molecule has 0 unspecified atom stereocenters. The predicted octanol–water partition coefficient (Wildman–Crippen LogP) is 1.16. The molecule has 0 N–H and O–H groups in total. The third kappa shape index (κ3) is 1.39. The third-order valence-corrected chi connectivity index (χ3v) is 0.144. The van der Waals surface area contributed by atoms with E-state index in [0.717, 1.165) is 0 Å². The molecule has 0 radical (unpaired) electrons. The average molecular weight is 53.1 g/mol. The Morgan fingerprint density at radius 2 is 2.00 bits per heavy atom. The van der Waals surface area contributed by atoms with Gasteiger partial charge in [-0.15, -0.1) is 0 Å². The second-order valence-electron chi connectivity index (χ2n) is 0.408. The molecular formula is C4H5+. The van der Waals surface area contributed by atoms with E-state index in [-0.39, 0.29) is 0 Å². The topological polar surface area (TPSA) is 0 Å². The molecule has 0 aromatic heterocycles. The lowest BCUT2D eigenvalue weighted by atomic mass is 10.6. The van der Waals surface area contributed by atoms with Crippen molar-refractivity contribution in [2.24, 2.45) is 0 Å². The van der Waals surface area contributed by atoms with Gasteiger partial charge in [-0.1, -0.05) is 0 Å². The highest BCUT2D eigenvalue weighted by Gasteiger charge is 1.47. The first-order chi connectivity index (χ1) is 1.91. The monoisotopic (exact) mass is 53.0 g/mol. The van der Waals surface area contributed by atoms with E-state index < -0.39 is 0 Å². The van der Waals surface area contributed by atoms with Crippen LogP contribution in [0.25, 0.3) is 0 Å². The van der Waals surface area contributed by atoms with Crippen molar-refractivity contribution >= 4 is 0 Å². The van der Waals surface area contributed by atoms with Crippen LogP contribution in [0.1, 0.15) is 0 Å². The molecule has 0 bridgehead atoms. The lowest BCUT2D eigenvalue weighted by Crippen LogP contribution is -1.24. The SMILES string of the molecule is C=[C+]C=C. The Kier molecular flexibility index (Phi) is 2.03. The van der Waals surface area contributed by atoms with Crippen LogP contribution in [0.5, 0.6) is 0 Å². The van der Waals surface area contributed by atoms with Gasteiger partial charge in [-0.25, -0.2) is 0 Å². The Bertz CT molecular complexity index is 21.0. The van der Waals surface area contributed by atoms with Gasteiger partial charge in [0.05, 0.1) is 6.08 Å². The predicted molar refractivity (Wildman–Crippen MR) is 19.1 cm³/mol. The van der Waals surface area contributed by atoms with Crippen molar-refractivity contribution in [1.82, 2.24) is 0 Å². The quantitative estimate of drug-likeness (QED) is 0.311. The van der Waals surface area contributed by atoms with Gasteiger partial charge in [0, 0.05) is 13.2 Å². The molecule has 0 saturated carbocycles. The zero-order valence-electron chi connectivity index (χ0n) is 2.49. The average Bonchev–Trinajstić information content (AvgIpc) is 1.37. The molecule has 0 fully saturated rings. The van der Waals surface area contributed by atoms with Crippen LogP contribution in [0.2, 0.25) is 0 Å². The zero-order valence-corrected chi connectivity index (χ0v) is 2.49. The van der Waals surface area contributed by atoms with Crippen LogP contribution in [0.3, 0.4) is 0 Å². The van der Waals surface area contributed by atoms with Crippen LogP contribution in [0, 0.1) is 6.08 Å².